The predicted octanol–water partition coefficient (Wildman–Crippen LogP) is 0.511. The molecule has 0 atom stereocenters. The van der Waals surface area contributed by atoms with E-state index in [4.69, 9.17) is 0 Å². The van der Waals surface area contributed by atoms with Gasteiger partial charge in [0.05, 0.1) is 5.54 Å². The van der Waals surface area contributed by atoms with Crippen molar-refractivity contribution < 1.29 is 4.79 Å². The summed E-state index contributed by atoms with van der Waals surface area (Å²) in [6, 6.07) is 0. The minimum atomic E-state index is -0.187. The van der Waals surface area contributed by atoms with E-state index in [2.05, 4.69) is 24.5 Å². The Balaban J connectivity index is 1.97. The molecular weight excluding hydrogens is 164 g/mol. The van der Waals surface area contributed by atoms with E-state index in [9.17, 15) is 4.79 Å². The van der Waals surface area contributed by atoms with Crippen LogP contribution in [0.3, 0.4) is 0 Å². The molecule has 1 amide bonds. The largest absolute Gasteiger partial charge is 0.353 e. The van der Waals surface area contributed by atoms with Crippen molar-refractivity contribution in [2.24, 2.45) is 11.8 Å². The zero-order valence-electron chi connectivity index (χ0n) is 8.39. The molecule has 1 heterocycles. The van der Waals surface area contributed by atoms with Crippen molar-refractivity contribution in [2.75, 3.05) is 13.1 Å². The van der Waals surface area contributed by atoms with E-state index in [1.165, 1.54) is 0 Å². The number of piperazine rings is 1. The van der Waals surface area contributed by atoms with Gasteiger partial charge in [0, 0.05) is 13.1 Å². The summed E-state index contributed by atoms with van der Waals surface area (Å²) in [4.78, 5) is 11.6. The number of hydrogen-bond acceptors (Lipinski definition) is 2. The maximum Gasteiger partial charge on any atom is 0.240 e. The molecule has 1 saturated carbocycles. The predicted molar refractivity (Wildman–Crippen MR) is 51.3 cm³/mol. The SMILES string of the molecule is CC(C)C1CC2(C1)NCCNC2=O. The van der Waals surface area contributed by atoms with Crippen LogP contribution >= 0.6 is 0 Å². The molecule has 13 heavy (non-hydrogen) atoms. The summed E-state index contributed by atoms with van der Waals surface area (Å²) in [5.41, 5.74) is -0.187. The van der Waals surface area contributed by atoms with Gasteiger partial charge in [0.15, 0.2) is 0 Å². The topological polar surface area (TPSA) is 41.1 Å². The van der Waals surface area contributed by atoms with Crippen molar-refractivity contribution in [1.82, 2.24) is 10.6 Å². The quantitative estimate of drug-likeness (QED) is 0.620. The summed E-state index contributed by atoms with van der Waals surface area (Å²) in [6.07, 6.45) is 2.05. The van der Waals surface area contributed by atoms with Gasteiger partial charge in [0.1, 0.15) is 0 Å². The molecule has 74 valence electrons. The molecule has 1 aliphatic carbocycles. The maximum absolute atomic E-state index is 11.6. The third-order valence-electron chi connectivity index (χ3n) is 3.47. The van der Waals surface area contributed by atoms with Gasteiger partial charge in [0.25, 0.3) is 0 Å². The number of carbonyl (C=O) groups excluding carboxylic acids is 1. The molecule has 3 heteroatoms. The van der Waals surface area contributed by atoms with Crippen molar-refractivity contribution in [2.45, 2.75) is 32.2 Å². The summed E-state index contributed by atoms with van der Waals surface area (Å²) in [5.74, 6) is 1.66. The summed E-state index contributed by atoms with van der Waals surface area (Å²) in [5, 5.41) is 6.29. The van der Waals surface area contributed by atoms with Crippen LogP contribution < -0.4 is 10.6 Å². The van der Waals surface area contributed by atoms with E-state index >= 15 is 0 Å². The summed E-state index contributed by atoms with van der Waals surface area (Å²) in [6.45, 7) is 6.18. The second-order valence-corrected chi connectivity index (χ2v) is 4.68. The first-order valence-electron chi connectivity index (χ1n) is 5.17. The third kappa shape index (κ3) is 1.35. The normalized spacial score (nSPS) is 39.0. The van der Waals surface area contributed by atoms with Gasteiger partial charge in [-0.2, -0.15) is 0 Å². The molecule has 0 radical (unpaired) electrons. The van der Waals surface area contributed by atoms with E-state index < -0.39 is 0 Å². The molecule has 2 rings (SSSR count). The fraction of sp³-hybridized carbons (Fsp3) is 0.900. The molecule has 0 aromatic rings. The van der Waals surface area contributed by atoms with E-state index in [-0.39, 0.29) is 11.4 Å². The molecule has 0 unspecified atom stereocenters. The smallest absolute Gasteiger partial charge is 0.240 e. The lowest BCUT2D eigenvalue weighted by Crippen LogP contribution is -2.69. The first kappa shape index (κ1) is 9.00. The highest BCUT2D eigenvalue weighted by atomic mass is 16.2. The maximum atomic E-state index is 11.6. The highest BCUT2D eigenvalue weighted by molar-refractivity contribution is 5.88. The lowest BCUT2D eigenvalue weighted by molar-refractivity contribution is -0.136. The van der Waals surface area contributed by atoms with Crippen LogP contribution in [0.25, 0.3) is 0 Å². The van der Waals surface area contributed by atoms with E-state index in [1.54, 1.807) is 0 Å². The monoisotopic (exact) mass is 182 g/mol. The van der Waals surface area contributed by atoms with E-state index in [1.807, 2.05) is 0 Å². The van der Waals surface area contributed by atoms with Crippen LogP contribution in [0.5, 0.6) is 0 Å². The van der Waals surface area contributed by atoms with Crippen molar-refractivity contribution >= 4 is 5.91 Å². The number of carbonyl (C=O) groups is 1. The minimum absolute atomic E-state index is 0.187. The van der Waals surface area contributed by atoms with E-state index in [0.29, 0.717) is 5.92 Å². The first-order chi connectivity index (χ1) is 6.14. The van der Waals surface area contributed by atoms with Crippen molar-refractivity contribution in [3.8, 4) is 0 Å². The molecule has 1 aliphatic heterocycles. The van der Waals surface area contributed by atoms with Crippen LogP contribution in [0.1, 0.15) is 26.7 Å². The number of rotatable bonds is 1. The van der Waals surface area contributed by atoms with Gasteiger partial charge in [-0.15, -0.1) is 0 Å². The van der Waals surface area contributed by atoms with Gasteiger partial charge in [-0.25, -0.2) is 0 Å². The zero-order chi connectivity index (χ0) is 9.47. The van der Waals surface area contributed by atoms with Crippen LogP contribution in [0.4, 0.5) is 0 Å². The standard InChI is InChI=1S/C10H18N2O/c1-7(2)8-5-10(6-8)9(13)11-3-4-12-10/h7-8,12H,3-6H2,1-2H3,(H,11,13). The van der Waals surface area contributed by atoms with Gasteiger partial charge >= 0.3 is 0 Å². The highest BCUT2D eigenvalue weighted by Crippen LogP contribution is 2.42. The Labute approximate surface area is 79.3 Å². The Morgan fingerprint density at radius 3 is 2.62 bits per heavy atom. The molecule has 0 bridgehead atoms. The Morgan fingerprint density at radius 2 is 2.08 bits per heavy atom. The molecular formula is C10H18N2O. The Hall–Kier alpha value is -0.570. The highest BCUT2D eigenvalue weighted by Gasteiger charge is 2.51. The molecule has 2 fully saturated rings. The zero-order valence-corrected chi connectivity index (χ0v) is 8.39. The summed E-state index contributed by atoms with van der Waals surface area (Å²) >= 11 is 0. The number of nitrogens with one attached hydrogen (secondary N) is 2. The minimum Gasteiger partial charge on any atom is -0.353 e. The molecule has 2 N–H and O–H groups in total. The second-order valence-electron chi connectivity index (χ2n) is 4.68. The fourth-order valence-corrected chi connectivity index (χ4v) is 2.36. The molecule has 1 saturated heterocycles. The Morgan fingerprint density at radius 1 is 1.38 bits per heavy atom. The summed E-state index contributed by atoms with van der Waals surface area (Å²) in [7, 11) is 0. The number of hydrogen-bond donors (Lipinski definition) is 2. The average Bonchev–Trinajstić information content (AvgIpc) is 2.01. The molecule has 0 aromatic heterocycles. The van der Waals surface area contributed by atoms with Crippen LogP contribution in [0.2, 0.25) is 0 Å². The van der Waals surface area contributed by atoms with Crippen LogP contribution in [0, 0.1) is 11.8 Å². The lowest BCUT2D eigenvalue weighted by atomic mass is 9.63. The van der Waals surface area contributed by atoms with Crippen LogP contribution in [-0.4, -0.2) is 24.5 Å². The molecule has 1 spiro atoms. The van der Waals surface area contributed by atoms with E-state index in [0.717, 1.165) is 31.8 Å². The van der Waals surface area contributed by atoms with Crippen LogP contribution in [0.15, 0.2) is 0 Å². The average molecular weight is 182 g/mol. The first-order valence-corrected chi connectivity index (χ1v) is 5.17. The van der Waals surface area contributed by atoms with Crippen molar-refractivity contribution in [1.29, 1.82) is 0 Å². The van der Waals surface area contributed by atoms with Gasteiger partial charge in [0.2, 0.25) is 5.91 Å². The third-order valence-corrected chi connectivity index (χ3v) is 3.47. The Bertz CT molecular complexity index is 219. The van der Waals surface area contributed by atoms with Crippen molar-refractivity contribution in [3.05, 3.63) is 0 Å². The Kier molecular flexibility index (Phi) is 2.06. The molecule has 2 aliphatic rings. The molecule has 3 nitrogen and oxygen atoms in total. The van der Waals surface area contributed by atoms with Gasteiger partial charge in [-0.05, 0) is 24.7 Å². The summed E-state index contributed by atoms with van der Waals surface area (Å²) < 4.78 is 0. The molecule has 0 aromatic carbocycles. The van der Waals surface area contributed by atoms with Gasteiger partial charge in [-0.1, -0.05) is 13.8 Å². The van der Waals surface area contributed by atoms with Crippen LogP contribution in [-0.2, 0) is 4.79 Å². The van der Waals surface area contributed by atoms with Crippen molar-refractivity contribution in [3.63, 3.8) is 0 Å². The van der Waals surface area contributed by atoms with Gasteiger partial charge in [-0.3, -0.25) is 4.79 Å². The second kappa shape index (κ2) is 2.98. The van der Waals surface area contributed by atoms with Gasteiger partial charge < -0.3 is 10.6 Å². The number of amides is 1. The lowest BCUT2D eigenvalue weighted by Gasteiger charge is -2.50. The fourth-order valence-electron chi connectivity index (χ4n) is 2.36.